The third kappa shape index (κ3) is 4.36. The maximum atomic E-state index is 11.2. The van der Waals surface area contributed by atoms with Crippen molar-refractivity contribution < 1.29 is 9.53 Å². The molecular weight excluding hydrogens is 224 g/mol. The quantitative estimate of drug-likeness (QED) is 0.599. The van der Waals surface area contributed by atoms with Gasteiger partial charge in [-0.3, -0.25) is 0 Å². The van der Waals surface area contributed by atoms with Crippen molar-refractivity contribution in [3.8, 4) is 0 Å². The van der Waals surface area contributed by atoms with Gasteiger partial charge >= 0.3 is 5.97 Å². The average Bonchev–Trinajstić information content (AvgIpc) is 2.28. The van der Waals surface area contributed by atoms with Crippen molar-refractivity contribution in [1.82, 2.24) is 0 Å². The molecule has 18 heavy (non-hydrogen) atoms. The number of benzene rings is 1. The van der Waals surface area contributed by atoms with Gasteiger partial charge in [0.2, 0.25) is 0 Å². The smallest absolute Gasteiger partial charge is 0.333 e. The summed E-state index contributed by atoms with van der Waals surface area (Å²) in [6.45, 7) is 12.2. The van der Waals surface area contributed by atoms with Crippen LogP contribution in [-0.4, -0.2) is 12.6 Å². The van der Waals surface area contributed by atoms with Gasteiger partial charge in [0, 0.05) is 12.0 Å². The van der Waals surface area contributed by atoms with Crippen LogP contribution >= 0.6 is 0 Å². The Bertz CT molecular complexity index is 421. The molecule has 0 bridgehead atoms. The number of rotatable bonds is 4. The molecule has 0 aliphatic carbocycles. The van der Waals surface area contributed by atoms with Crippen LogP contribution in [0.5, 0.6) is 0 Å². The van der Waals surface area contributed by atoms with E-state index in [1.807, 2.05) is 0 Å². The topological polar surface area (TPSA) is 26.3 Å². The van der Waals surface area contributed by atoms with Crippen LogP contribution in [0.2, 0.25) is 0 Å². The summed E-state index contributed by atoms with van der Waals surface area (Å²) in [5.41, 5.74) is 3.10. The van der Waals surface area contributed by atoms with E-state index in [2.05, 4.69) is 51.6 Å². The summed E-state index contributed by atoms with van der Waals surface area (Å²) in [5.74, 6) is -0.318. The van der Waals surface area contributed by atoms with Gasteiger partial charge in [0.1, 0.15) is 0 Å². The first-order chi connectivity index (χ1) is 8.30. The lowest BCUT2D eigenvalue weighted by atomic mass is 9.86. The zero-order valence-corrected chi connectivity index (χ0v) is 11.7. The Morgan fingerprint density at radius 2 is 1.78 bits per heavy atom. The Balaban J connectivity index is 2.50. The molecule has 2 heteroatoms. The Morgan fingerprint density at radius 3 is 2.22 bits per heavy atom. The SMILES string of the molecule is C=C(C)C(=O)OCCc1ccc(C(C)(C)C)cc1. The second-order valence-corrected chi connectivity index (χ2v) is 5.61. The molecule has 0 radical (unpaired) electrons. The van der Waals surface area contributed by atoms with Crippen LogP contribution in [0.4, 0.5) is 0 Å². The first kappa shape index (κ1) is 14.5. The molecule has 0 aliphatic heterocycles. The van der Waals surface area contributed by atoms with Gasteiger partial charge in [-0.1, -0.05) is 51.6 Å². The second-order valence-electron chi connectivity index (χ2n) is 5.61. The fourth-order valence-electron chi connectivity index (χ4n) is 1.56. The van der Waals surface area contributed by atoms with E-state index in [9.17, 15) is 4.79 Å². The average molecular weight is 246 g/mol. The lowest BCUT2D eigenvalue weighted by Gasteiger charge is -2.19. The minimum Gasteiger partial charge on any atom is -0.462 e. The minimum atomic E-state index is -0.318. The molecule has 0 atom stereocenters. The molecule has 0 aliphatic rings. The molecule has 0 amide bonds. The van der Waals surface area contributed by atoms with Gasteiger partial charge in [0.05, 0.1) is 6.61 Å². The molecule has 0 fully saturated rings. The summed E-state index contributed by atoms with van der Waals surface area (Å²) in [7, 11) is 0. The summed E-state index contributed by atoms with van der Waals surface area (Å²) in [5, 5.41) is 0. The molecular formula is C16H22O2. The fraction of sp³-hybridized carbons (Fsp3) is 0.438. The molecule has 0 heterocycles. The van der Waals surface area contributed by atoms with E-state index < -0.39 is 0 Å². The first-order valence-electron chi connectivity index (χ1n) is 6.23. The maximum Gasteiger partial charge on any atom is 0.333 e. The van der Waals surface area contributed by atoms with Gasteiger partial charge in [-0.05, 0) is 23.5 Å². The van der Waals surface area contributed by atoms with Gasteiger partial charge < -0.3 is 4.74 Å². The molecule has 2 nitrogen and oxygen atoms in total. The standard InChI is InChI=1S/C16H22O2/c1-12(2)15(17)18-11-10-13-6-8-14(9-7-13)16(3,4)5/h6-9H,1,10-11H2,2-5H3. The third-order valence-electron chi connectivity index (χ3n) is 2.79. The van der Waals surface area contributed by atoms with Crippen molar-refractivity contribution >= 4 is 5.97 Å². The van der Waals surface area contributed by atoms with Crippen molar-refractivity contribution in [2.75, 3.05) is 6.61 Å². The van der Waals surface area contributed by atoms with Gasteiger partial charge in [0.15, 0.2) is 0 Å². The highest BCUT2D eigenvalue weighted by atomic mass is 16.5. The molecule has 1 rings (SSSR count). The molecule has 98 valence electrons. The normalized spacial score (nSPS) is 11.1. The zero-order chi connectivity index (χ0) is 13.8. The molecule has 1 aromatic rings. The van der Waals surface area contributed by atoms with E-state index in [1.165, 1.54) is 11.1 Å². The second kappa shape index (κ2) is 5.85. The summed E-state index contributed by atoms with van der Waals surface area (Å²) in [4.78, 5) is 11.2. The zero-order valence-electron chi connectivity index (χ0n) is 11.7. The van der Waals surface area contributed by atoms with E-state index in [1.54, 1.807) is 6.92 Å². The molecule has 0 saturated carbocycles. The van der Waals surface area contributed by atoms with Crippen LogP contribution in [0, 0.1) is 0 Å². The number of hydrogen-bond donors (Lipinski definition) is 0. The van der Waals surface area contributed by atoms with Gasteiger partial charge in [0.25, 0.3) is 0 Å². The van der Waals surface area contributed by atoms with Crippen LogP contribution in [0.1, 0.15) is 38.8 Å². The van der Waals surface area contributed by atoms with Crippen LogP contribution in [0.15, 0.2) is 36.4 Å². The van der Waals surface area contributed by atoms with Crippen LogP contribution < -0.4 is 0 Å². The number of hydrogen-bond acceptors (Lipinski definition) is 2. The minimum absolute atomic E-state index is 0.172. The monoisotopic (exact) mass is 246 g/mol. The Labute approximate surface area is 110 Å². The summed E-state index contributed by atoms with van der Waals surface area (Å²) in [6, 6.07) is 8.45. The summed E-state index contributed by atoms with van der Waals surface area (Å²) >= 11 is 0. The van der Waals surface area contributed by atoms with E-state index in [4.69, 9.17) is 4.74 Å². The predicted octanol–water partition coefficient (Wildman–Crippen LogP) is 3.65. The maximum absolute atomic E-state index is 11.2. The van der Waals surface area contributed by atoms with Crippen molar-refractivity contribution in [3.63, 3.8) is 0 Å². The predicted molar refractivity (Wildman–Crippen MR) is 74.6 cm³/mol. The van der Waals surface area contributed by atoms with E-state index in [0.29, 0.717) is 12.2 Å². The number of carbonyl (C=O) groups is 1. The van der Waals surface area contributed by atoms with Crippen LogP contribution in [0.3, 0.4) is 0 Å². The van der Waals surface area contributed by atoms with Crippen molar-refractivity contribution in [3.05, 3.63) is 47.5 Å². The van der Waals surface area contributed by atoms with Gasteiger partial charge in [-0.15, -0.1) is 0 Å². The van der Waals surface area contributed by atoms with Crippen molar-refractivity contribution in [1.29, 1.82) is 0 Å². The molecule has 0 aromatic heterocycles. The van der Waals surface area contributed by atoms with Crippen molar-refractivity contribution in [2.45, 2.75) is 39.5 Å². The highest BCUT2D eigenvalue weighted by molar-refractivity contribution is 5.86. The largest absolute Gasteiger partial charge is 0.462 e. The van der Waals surface area contributed by atoms with Gasteiger partial charge in [-0.2, -0.15) is 0 Å². The Kier molecular flexibility index (Phi) is 4.71. The Hall–Kier alpha value is -1.57. The van der Waals surface area contributed by atoms with E-state index in [0.717, 1.165) is 6.42 Å². The lowest BCUT2D eigenvalue weighted by molar-refractivity contribution is -0.138. The molecule has 0 N–H and O–H groups in total. The molecule has 1 aromatic carbocycles. The highest BCUT2D eigenvalue weighted by Gasteiger charge is 2.12. The van der Waals surface area contributed by atoms with E-state index >= 15 is 0 Å². The molecule has 0 saturated heterocycles. The highest BCUT2D eigenvalue weighted by Crippen LogP contribution is 2.22. The fourth-order valence-corrected chi connectivity index (χ4v) is 1.56. The van der Waals surface area contributed by atoms with E-state index in [-0.39, 0.29) is 11.4 Å². The number of esters is 1. The van der Waals surface area contributed by atoms with Crippen LogP contribution in [-0.2, 0) is 21.4 Å². The first-order valence-corrected chi connectivity index (χ1v) is 6.23. The van der Waals surface area contributed by atoms with Crippen LogP contribution in [0.25, 0.3) is 0 Å². The molecule has 0 spiro atoms. The molecule has 0 unspecified atom stereocenters. The number of carbonyl (C=O) groups excluding carboxylic acids is 1. The summed E-state index contributed by atoms with van der Waals surface area (Å²) in [6.07, 6.45) is 0.740. The lowest BCUT2D eigenvalue weighted by Crippen LogP contribution is -2.11. The number of ether oxygens (including phenoxy) is 1. The third-order valence-corrected chi connectivity index (χ3v) is 2.79. The Morgan fingerprint density at radius 1 is 1.22 bits per heavy atom. The van der Waals surface area contributed by atoms with Gasteiger partial charge in [-0.25, -0.2) is 4.79 Å². The summed E-state index contributed by atoms with van der Waals surface area (Å²) < 4.78 is 5.07. The van der Waals surface area contributed by atoms with Crippen molar-refractivity contribution in [2.24, 2.45) is 0 Å².